The molecule has 0 radical (unpaired) electrons. The van der Waals surface area contributed by atoms with Crippen molar-refractivity contribution in [1.82, 2.24) is 45.7 Å². The van der Waals surface area contributed by atoms with Crippen LogP contribution in [0.5, 0.6) is 0 Å². The van der Waals surface area contributed by atoms with Crippen molar-refractivity contribution in [3.05, 3.63) is 80.1 Å². The van der Waals surface area contributed by atoms with E-state index in [0.29, 0.717) is 65.5 Å². The highest BCUT2D eigenvalue weighted by molar-refractivity contribution is 7.90. The molecule has 5 heterocycles. The topological polar surface area (TPSA) is 270 Å². The Labute approximate surface area is 423 Å². The summed E-state index contributed by atoms with van der Waals surface area (Å²) in [5.41, 5.74) is 1.59. The predicted molar refractivity (Wildman–Crippen MR) is 266 cm³/mol. The van der Waals surface area contributed by atoms with Gasteiger partial charge in [0.2, 0.25) is 38.6 Å². The van der Waals surface area contributed by atoms with Crippen LogP contribution < -0.4 is 26.8 Å². The molecule has 0 saturated carbocycles. The van der Waals surface area contributed by atoms with Crippen LogP contribution in [-0.2, 0) is 68.5 Å². The number of pyridine rings is 2. The minimum Gasteiger partial charge on any atom is -0.458 e. The molecule has 4 amide bonds. The summed E-state index contributed by atoms with van der Waals surface area (Å²) >= 11 is 0. The number of halogens is 1. The molecule has 4 aromatic rings. The standard InChI is InChI=1S/C51H64FN9O11S/c1-8-51(68)37-22-41-45-35(27-61(41)48(66)36(37)28-72-49(51)67)33(34-21-31(4)38(52)23-40(34)57-45)16-14-20-71-29-56-43(63)26-53-46(64)39(17-12-13-19-60(5)6)58-47(65)44(30(2)3)59-42(62)18-11-9-10-15-32-24-54-50(55-25-32)73(7,69)70/h21-25,30,39,44,68H,8-9,11-14,16-20,26-29H2,1-7H3,(H,53,64)(H,56,63)(H,58,65)(H,59,62)/t39-,44-,51-/m0/s1. The maximum absolute atomic E-state index is 14.9. The molecule has 20 nitrogen and oxygen atoms in total. The third-order valence-corrected chi connectivity index (χ3v) is 13.6. The van der Waals surface area contributed by atoms with E-state index in [-0.39, 0.29) is 73.9 Å². The van der Waals surface area contributed by atoms with Crippen molar-refractivity contribution in [2.45, 2.75) is 121 Å². The molecule has 3 atom stereocenters. The molecule has 73 heavy (non-hydrogen) atoms. The Bertz CT molecular complexity index is 2990. The van der Waals surface area contributed by atoms with Crippen LogP contribution in [0, 0.1) is 30.5 Å². The third kappa shape index (κ3) is 13.7. The quantitative estimate of drug-likeness (QED) is 0.0207. The van der Waals surface area contributed by atoms with E-state index in [0.717, 1.165) is 30.3 Å². The second-order valence-electron chi connectivity index (χ2n) is 18.9. The number of rotatable bonds is 23. The highest BCUT2D eigenvalue weighted by Gasteiger charge is 2.45. The number of carbonyl (C=O) groups excluding carboxylic acids is 5. The fraction of sp³-hybridized carbons (Fsp3) is 0.510. The van der Waals surface area contributed by atoms with Gasteiger partial charge in [0.25, 0.3) is 5.56 Å². The van der Waals surface area contributed by atoms with Crippen LogP contribution in [0.2, 0.25) is 0 Å². The number of unbranched alkanes of at least 4 members (excludes halogenated alkanes) is 2. The molecule has 2 aliphatic rings. The molecule has 2 aliphatic heterocycles. The number of benzene rings is 1. The number of hydrogen-bond acceptors (Lipinski definition) is 15. The van der Waals surface area contributed by atoms with E-state index >= 15 is 0 Å². The average Bonchev–Trinajstić information content (AvgIpc) is 3.71. The number of nitrogens with zero attached hydrogens (tertiary/aromatic N) is 5. The number of aromatic nitrogens is 4. The van der Waals surface area contributed by atoms with Crippen molar-refractivity contribution in [2.24, 2.45) is 5.92 Å². The molecule has 0 saturated heterocycles. The molecule has 0 bridgehead atoms. The number of hydrogen-bond donors (Lipinski definition) is 5. The first kappa shape index (κ1) is 55.6. The van der Waals surface area contributed by atoms with Crippen LogP contribution in [0.1, 0.15) is 106 Å². The van der Waals surface area contributed by atoms with Gasteiger partial charge < -0.3 is 45.3 Å². The number of ether oxygens (including phenoxy) is 2. The summed E-state index contributed by atoms with van der Waals surface area (Å²) in [5.74, 6) is 2.08. The Morgan fingerprint density at radius 3 is 2.42 bits per heavy atom. The van der Waals surface area contributed by atoms with E-state index in [1.165, 1.54) is 23.0 Å². The van der Waals surface area contributed by atoms with Crippen molar-refractivity contribution in [3.63, 3.8) is 0 Å². The highest BCUT2D eigenvalue weighted by Crippen LogP contribution is 2.41. The van der Waals surface area contributed by atoms with Crippen LogP contribution in [0.4, 0.5) is 4.39 Å². The summed E-state index contributed by atoms with van der Waals surface area (Å²) in [5, 5.41) is 22.5. The summed E-state index contributed by atoms with van der Waals surface area (Å²) in [4.78, 5) is 93.9. The number of fused-ring (bicyclic) bond motifs is 5. The number of amides is 4. The van der Waals surface area contributed by atoms with Gasteiger partial charge in [-0.25, -0.2) is 32.6 Å². The lowest BCUT2D eigenvalue weighted by Gasteiger charge is -2.31. The number of aliphatic hydroxyl groups is 1. The van der Waals surface area contributed by atoms with E-state index in [2.05, 4.69) is 43.1 Å². The Hall–Kier alpha value is -6.67. The monoisotopic (exact) mass is 1030 g/mol. The lowest BCUT2D eigenvalue weighted by atomic mass is 9.86. The Kier molecular flexibility index (Phi) is 18.6. The fourth-order valence-electron chi connectivity index (χ4n) is 8.65. The number of carbonyl (C=O) groups is 5. The van der Waals surface area contributed by atoms with Crippen molar-refractivity contribution < 1.29 is 51.4 Å². The van der Waals surface area contributed by atoms with Gasteiger partial charge in [0.1, 0.15) is 31.2 Å². The molecule has 6 rings (SSSR count). The van der Waals surface area contributed by atoms with Gasteiger partial charge >= 0.3 is 5.97 Å². The van der Waals surface area contributed by atoms with Crippen molar-refractivity contribution >= 4 is 50.3 Å². The first-order chi connectivity index (χ1) is 34.6. The molecule has 22 heteroatoms. The van der Waals surface area contributed by atoms with Gasteiger partial charge in [0.15, 0.2) is 5.60 Å². The van der Waals surface area contributed by atoms with Gasteiger partial charge in [-0.3, -0.25) is 24.0 Å². The molecule has 3 aromatic heterocycles. The van der Waals surface area contributed by atoms with Crippen LogP contribution >= 0.6 is 0 Å². The van der Waals surface area contributed by atoms with E-state index in [9.17, 15) is 46.7 Å². The second-order valence-corrected chi connectivity index (χ2v) is 20.9. The first-order valence-corrected chi connectivity index (χ1v) is 26.2. The molecule has 0 spiro atoms. The van der Waals surface area contributed by atoms with Crippen molar-refractivity contribution in [1.29, 1.82) is 0 Å². The minimum absolute atomic E-state index is 0.0117. The van der Waals surface area contributed by atoms with Crippen LogP contribution in [0.25, 0.3) is 22.3 Å². The van der Waals surface area contributed by atoms with Gasteiger partial charge in [-0.1, -0.05) is 32.6 Å². The summed E-state index contributed by atoms with van der Waals surface area (Å²) < 4.78 is 50.6. The second kappa shape index (κ2) is 24.4. The number of sulfone groups is 1. The summed E-state index contributed by atoms with van der Waals surface area (Å²) in [7, 11) is 0.317. The van der Waals surface area contributed by atoms with Gasteiger partial charge in [0, 0.05) is 60.7 Å². The van der Waals surface area contributed by atoms with Crippen LogP contribution in [0.15, 0.2) is 40.5 Å². The smallest absolute Gasteiger partial charge is 0.343 e. The van der Waals surface area contributed by atoms with Crippen molar-refractivity contribution in [3.8, 4) is 23.2 Å². The van der Waals surface area contributed by atoms with E-state index in [1.54, 1.807) is 39.8 Å². The minimum atomic E-state index is -3.54. The maximum Gasteiger partial charge on any atom is 0.343 e. The van der Waals surface area contributed by atoms with E-state index < -0.39 is 69.1 Å². The number of aryl methyl sites for hydroxylation is 2. The predicted octanol–water partition coefficient (Wildman–Crippen LogP) is 2.44. The highest BCUT2D eigenvalue weighted by atomic mass is 32.2. The first-order valence-electron chi connectivity index (χ1n) is 24.3. The van der Waals surface area contributed by atoms with Crippen molar-refractivity contribution in [2.75, 3.05) is 46.8 Å². The summed E-state index contributed by atoms with van der Waals surface area (Å²) in [6.45, 7) is 7.08. The maximum atomic E-state index is 14.9. The van der Waals surface area contributed by atoms with Gasteiger partial charge in [-0.15, -0.1) is 0 Å². The number of esters is 1. The molecular formula is C51H64FN9O11S. The molecule has 0 aliphatic carbocycles. The zero-order valence-corrected chi connectivity index (χ0v) is 43.1. The molecule has 0 fully saturated rings. The lowest BCUT2D eigenvalue weighted by Crippen LogP contribution is -2.56. The number of nitrogens with one attached hydrogen (secondary N) is 4. The lowest BCUT2D eigenvalue weighted by molar-refractivity contribution is -0.172. The van der Waals surface area contributed by atoms with Gasteiger partial charge in [-0.2, -0.15) is 0 Å². The molecule has 0 unspecified atom stereocenters. The SMILES string of the molecule is CC[C@@]1(O)C(=O)OCc2c1cc1n(c2=O)Cc2c-1nc1cc(F)c(C)cc1c2CCCOCNC(=O)CNC(=O)[C@H](CCCCN(C)C)NC(=O)[C@@H](NC(=O)CCCC#Cc1cnc(S(C)(=O)=O)nc1)C(C)C. The van der Waals surface area contributed by atoms with E-state index in [4.69, 9.17) is 14.5 Å². The molecule has 1 aromatic carbocycles. The Balaban J connectivity index is 1.00. The molecular weight excluding hydrogens is 966 g/mol. The molecule has 392 valence electrons. The zero-order chi connectivity index (χ0) is 53.2. The Morgan fingerprint density at radius 2 is 1.74 bits per heavy atom. The van der Waals surface area contributed by atoms with Crippen LogP contribution in [0.3, 0.4) is 0 Å². The largest absolute Gasteiger partial charge is 0.458 e. The van der Waals surface area contributed by atoms with Gasteiger partial charge in [0.05, 0.1) is 41.1 Å². The molecule has 5 N–H and O–H groups in total. The van der Waals surface area contributed by atoms with E-state index in [1.807, 2.05) is 19.0 Å². The summed E-state index contributed by atoms with van der Waals surface area (Å²) in [6.07, 6.45) is 6.90. The van der Waals surface area contributed by atoms with Crippen LogP contribution in [-0.4, -0.2) is 126 Å². The summed E-state index contributed by atoms with van der Waals surface area (Å²) in [6, 6.07) is 2.72. The number of cyclic esters (lactones) is 1. The zero-order valence-electron chi connectivity index (χ0n) is 42.3. The van der Waals surface area contributed by atoms with Gasteiger partial charge in [-0.05, 0) is 102 Å². The fourth-order valence-corrected chi connectivity index (χ4v) is 9.13. The Morgan fingerprint density at radius 1 is 1.00 bits per heavy atom. The average molecular weight is 1030 g/mol. The third-order valence-electron chi connectivity index (χ3n) is 12.7. The normalized spacial score (nSPS) is 15.6.